The minimum absolute atomic E-state index is 0.0203. The van der Waals surface area contributed by atoms with Crippen molar-refractivity contribution in [2.45, 2.75) is 19.5 Å². The molecule has 0 saturated heterocycles. The standard InChI is InChI=1S/C12H16N6O3/c1-8(9-4-15-16-5-9)17-12(21)13-2-3-18-6-10(11(19)20)14-7-18/h4-8H,2-3H2,1H3,(H,15,16)(H,19,20)(H2,13,17,21). The number of carboxylic acid groups (broad SMARTS) is 1. The summed E-state index contributed by atoms with van der Waals surface area (Å²) < 4.78 is 1.60. The van der Waals surface area contributed by atoms with Crippen LogP contribution in [-0.2, 0) is 6.54 Å². The number of hydrogen-bond acceptors (Lipinski definition) is 4. The molecule has 0 aliphatic rings. The zero-order chi connectivity index (χ0) is 15.2. The summed E-state index contributed by atoms with van der Waals surface area (Å²) >= 11 is 0. The molecule has 2 heterocycles. The van der Waals surface area contributed by atoms with Gasteiger partial charge in [-0.3, -0.25) is 5.10 Å². The largest absolute Gasteiger partial charge is 0.476 e. The van der Waals surface area contributed by atoms with E-state index in [0.717, 1.165) is 5.56 Å². The Morgan fingerprint density at radius 1 is 1.52 bits per heavy atom. The van der Waals surface area contributed by atoms with E-state index in [-0.39, 0.29) is 17.8 Å². The maximum absolute atomic E-state index is 11.7. The van der Waals surface area contributed by atoms with Gasteiger partial charge in [0.25, 0.3) is 0 Å². The van der Waals surface area contributed by atoms with E-state index in [1.54, 1.807) is 17.0 Å². The quantitative estimate of drug-likeness (QED) is 0.612. The van der Waals surface area contributed by atoms with Gasteiger partial charge >= 0.3 is 12.0 Å². The molecule has 21 heavy (non-hydrogen) atoms. The molecule has 2 aromatic heterocycles. The first-order chi connectivity index (χ1) is 10.1. The Hall–Kier alpha value is -2.84. The summed E-state index contributed by atoms with van der Waals surface area (Å²) in [7, 11) is 0. The molecule has 1 unspecified atom stereocenters. The summed E-state index contributed by atoms with van der Waals surface area (Å²) in [5.41, 5.74) is 0.860. The van der Waals surface area contributed by atoms with Crippen LogP contribution < -0.4 is 10.6 Å². The molecule has 0 aliphatic carbocycles. The number of carbonyl (C=O) groups is 2. The molecule has 0 bridgehead atoms. The zero-order valence-electron chi connectivity index (χ0n) is 11.4. The van der Waals surface area contributed by atoms with Crippen LogP contribution in [0.1, 0.15) is 29.0 Å². The summed E-state index contributed by atoms with van der Waals surface area (Å²) in [6, 6.07) is -0.460. The molecule has 0 fully saturated rings. The van der Waals surface area contributed by atoms with Gasteiger partial charge < -0.3 is 20.3 Å². The number of aromatic nitrogens is 4. The second-order valence-corrected chi connectivity index (χ2v) is 4.46. The minimum atomic E-state index is -1.08. The molecule has 2 aromatic rings. The number of nitrogens with zero attached hydrogens (tertiary/aromatic N) is 3. The Labute approximate surface area is 120 Å². The summed E-state index contributed by atoms with van der Waals surface area (Å²) in [5.74, 6) is -1.08. The summed E-state index contributed by atoms with van der Waals surface area (Å²) in [5, 5.41) is 20.7. The maximum Gasteiger partial charge on any atom is 0.356 e. The van der Waals surface area contributed by atoms with Crippen molar-refractivity contribution in [3.05, 3.63) is 36.2 Å². The number of imidazole rings is 1. The van der Waals surface area contributed by atoms with Crippen molar-refractivity contribution in [2.24, 2.45) is 0 Å². The number of rotatable bonds is 6. The number of hydrogen-bond donors (Lipinski definition) is 4. The Kier molecular flexibility index (Phi) is 4.54. The van der Waals surface area contributed by atoms with E-state index in [9.17, 15) is 9.59 Å². The van der Waals surface area contributed by atoms with Crippen LogP contribution >= 0.6 is 0 Å². The van der Waals surface area contributed by atoms with E-state index in [0.29, 0.717) is 13.1 Å². The van der Waals surface area contributed by atoms with Gasteiger partial charge in [0.15, 0.2) is 5.69 Å². The number of H-pyrrole nitrogens is 1. The summed E-state index contributed by atoms with van der Waals surface area (Å²) in [6.45, 7) is 2.65. The molecule has 0 saturated carbocycles. The molecule has 0 aliphatic heterocycles. The van der Waals surface area contributed by atoms with Crippen LogP contribution in [0.5, 0.6) is 0 Å². The van der Waals surface area contributed by atoms with Gasteiger partial charge in [0.2, 0.25) is 0 Å². The van der Waals surface area contributed by atoms with Crippen molar-refractivity contribution in [1.29, 1.82) is 0 Å². The molecule has 0 spiro atoms. The number of aromatic carboxylic acids is 1. The third-order valence-corrected chi connectivity index (χ3v) is 2.87. The summed E-state index contributed by atoms with van der Waals surface area (Å²) in [4.78, 5) is 26.1. The predicted molar refractivity (Wildman–Crippen MR) is 72.7 cm³/mol. The Morgan fingerprint density at radius 3 is 2.95 bits per heavy atom. The second-order valence-electron chi connectivity index (χ2n) is 4.46. The molecule has 0 radical (unpaired) electrons. The smallest absolute Gasteiger partial charge is 0.356 e. The van der Waals surface area contributed by atoms with Crippen molar-refractivity contribution in [1.82, 2.24) is 30.4 Å². The van der Waals surface area contributed by atoms with Crippen molar-refractivity contribution in [3.8, 4) is 0 Å². The molecule has 112 valence electrons. The van der Waals surface area contributed by atoms with Gasteiger partial charge in [0, 0.05) is 31.0 Å². The second kappa shape index (κ2) is 6.55. The topological polar surface area (TPSA) is 125 Å². The molecule has 9 nitrogen and oxygen atoms in total. The minimum Gasteiger partial charge on any atom is -0.476 e. The average Bonchev–Trinajstić information content (AvgIpc) is 3.10. The Balaban J connectivity index is 1.72. The summed E-state index contributed by atoms with van der Waals surface area (Å²) in [6.07, 6.45) is 6.18. The Bertz CT molecular complexity index is 606. The first-order valence-electron chi connectivity index (χ1n) is 6.34. The first-order valence-corrected chi connectivity index (χ1v) is 6.34. The fourth-order valence-electron chi connectivity index (χ4n) is 1.72. The van der Waals surface area contributed by atoms with Crippen LogP contribution in [0, 0.1) is 0 Å². The van der Waals surface area contributed by atoms with Gasteiger partial charge in [-0.15, -0.1) is 0 Å². The van der Waals surface area contributed by atoms with Crippen LogP contribution in [0.15, 0.2) is 24.9 Å². The van der Waals surface area contributed by atoms with Crippen LogP contribution in [0.25, 0.3) is 0 Å². The van der Waals surface area contributed by atoms with Crippen molar-refractivity contribution >= 4 is 12.0 Å². The van der Waals surface area contributed by atoms with Gasteiger partial charge in [-0.1, -0.05) is 0 Å². The molecule has 1 atom stereocenters. The average molecular weight is 292 g/mol. The zero-order valence-corrected chi connectivity index (χ0v) is 11.4. The molecular weight excluding hydrogens is 276 g/mol. The number of carbonyl (C=O) groups excluding carboxylic acids is 1. The number of amides is 2. The molecule has 2 rings (SSSR count). The van der Waals surface area contributed by atoms with Crippen LogP contribution in [0.3, 0.4) is 0 Å². The molecule has 4 N–H and O–H groups in total. The lowest BCUT2D eigenvalue weighted by molar-refractivity contribution is 0.0691. The van der Waals surface area contributed by atoms with Gasteiger partial charge in [0.05, 0.1) is 18.6 Å². The van der Waals surface area contributed by atoms with Gasteiger partial charge in [-0.2, -0.15) is 5.10 Å². The number of nitrogens with one attached hydrogen (secondary N) is 3. The van der Waals surface area contributed by atoms with Crippen LogP contribution in [0.2, 0.25) is 0 Å². The van der Waals surface area contributed by atoms with E-state index in [1.165, 1.54) is 12.5 Å². The van der Waals surface area contributed by atoms with E-state index < -0.39 is 5.97 Å². The Morgan fingerprint density at radius 2 is 2.33 bits per heavy atom. The van der Waals surface area contributed by atoms with Crippen LogP contribution in [-0.4, -0.2) is 43.4 Å². The fourth-order valence-corrected chi connectivity index (χ4v) is 1.72. The lowest BCUT2D eigenvalue weighted by atomic mass is 10.2. The number of urea groups is 1. The van der Waals surface area contributed by atoms with E-state index in [4.69, 9.17) is 5.11 Å². The van der Waals surface area contributed by atoms with Crippen LogP contribution in [0.4, 0.5) is 4.79 Å². The predicted octanol–water partition coefficient (Wildman–Crippen LogP) is 0.365. The highest BCUT2D eigenvalue weighted by Crippen LogP contribution is 2.08. The van der Waals surface area contributed by atoms with Crippen molar-refractivity contribution < 1.29 is 14.7 Å². The van der Waals surface area contributed by atoms with E-state index >= 15 is 0 Å². The van der Waals surface area contributed by atoms with Gasteiger partial charge in [0.1, 0.15) is 0 Å². The first kappa shape index (κ1) is 14.6. The maximum atomic E-state index is 11.7. The van der Waals surface area contributed by atoms with Gasteiger partial charge in [-0.25, -0.2) is 14.6 Å². The molecule has 9 heteroatoms. The normalized spacial score (nSPS) is 11.9. The molecule has 0 aromatic carbocycles. The SMILES string of the molecule is CC(NC(=O)NCCn1cnc(C(=O)O)c1)c1cn[nH]c1. The van der Waals surface area contributed by atoms with E-state index in [1.807, 2.05) is 6.92 Å². The third-order valence-electron chi connectivity index (χ3n) is 2.87. The lowest BCUT2D eigenvalue weighted by Crippen LogP contribution is -2.38. The van der Waals surface area contributed by atoms with Crippen molar-refractivity contribution in [3.63, 3.8) is 0 Å². The van der Waals surface area contributed by atoms with Gasteiger partial charge in [-0.05, 0) is 6.92 Å². The number of carboxylic acids is 1. The monoisotopic (exact) mass is 292 g/mol. The fraction of sp³-hybridized carbons (Fsp3) is 0.333. The highest BCUT2D eigenvalue weighted by molar-refractivity contribution is 5.84. The van der Waals surface area contributed by atoms with E-state index in [2.05, 4.69) is 25.8 Å². The lowest BCUT2D eigenvalue weighted by Gasteiger charge is -2.13. The molecule has 2 amide bonds. The molecular formula is C12H16N6O3. The third kappa shape index (κ3) is 4.06. The highest BCUT2D eigenvalue weighted by atomic mass is 16.4. The van der Waals surface area contributed by atoms with Crippen molar-refractivity contribution in [2.75, 3.05) is 6.54 Å². The number of aromatic amines is 1. The highest BCUT2D eigenvalue weighted by Gasteiger charge is 2.10.